The van der Waals surface area contributed by atoms with Crippen LogP contribution in [0.4, 0.5) is 0 Å². The molecule has 0 N–H and O–H groups in total. The van der Waals surface area contributed by atoms with Crippen LogP contribution in [0.5, 0.6) is 0 Å². The number of benzene rings is 1. The van der Waals surface area contributed by atoms with Crippen molar-refractivity contribution in [3.05, 3.63) is 53.5 Å². The van der Waals surface area contributed by atoms with Crippen LogP contribution in [-0.4, -0.2) is 34.1 Å². The van der Waals surface area contributed by atoms with E-state index in [1.54, 1.807) is 12.1 Å². The molecule has 0 atom stereocenters. The van der Waals surface area contributed by atoms with Gasteiger partial charge in [0.05, 0.1) is 24.8 Å². The molecule has 1 aliphatic rings. The van der Waals surface area contributed by atoms with Crippen molar-refractivity contribution in [3.8, 4) is 0 Å². The Hall–Kier alpha value is -2.41. The minimum absolute atomic E-state index is 0.0304. The van der Waals surface area contributed by atoms with Gasteiger partial charge in [0, 0.05) is 12.2 Å². The number of aryl methyl sites for hydroxylation is 1. The van der Waals surface area contributed by atoms with Crippen LogP contribution >= 0.6 is 0 Å². The van der Waals surface area contributed by atoms with Gasteiger partial charge in [0.2, 0.25) is 0 Å². The van der Waals surface area contributed by atoms with E-state index in [0.29, 0.717) is 0 Å². The van der Waals surface area contributed by atoms with Crippen LogP contribution in [-0.2, 0) is 24.3 Å². The van der Waals surface area contributed by atoms with Gasteiger partial charge in [0.1, 0.15) is 0 Å². The Kier molecular flexibility index (Phi) is 4.46. The highest BCUT2D eigenvalue weighted by Crippen LogP contribution is 2.18. The molecule has 0 aliphatic heterocycles. The molecule has 22 heavy (non-hydrogen) atoms. The average Bonchev–Trinajstić information content (AvgIpc) is 2.49. The monoisotopic (exact) mass is 321 g/mol. The highest BCUT2D eigenvalue weighted by Gasteiger charge is 2.24. The minimum Gasteiger partial charge on any atom is -0.492 e. The molecule has 1 aromatic carbocycles. The van der Waals surface area contributed by atoms with Gasteiger partial charge in [-0.3, -0.25) is 4.79 Å². The second-order valence-electron chi connectivity index (χ2n) is 4.56. The van der Waals surface area contributed by atoms with Gasteiger partial charge in [-0.15, -0.1) is 0 Å². The highest BCUT2D eigenvalue weighted by molar-refractivity contribution is 7.90. The maximum atomic E-state index is 12.3. The van der Waals surface area contributed by atoms with E-state index in [1.807, 2.05) is 6.92 Å². The Morgan fingerprint density at radius 1 is 0.955 bits per heavy atom. The third kappa shape index (κ3) is 3.25. The molecular weight excluding hydrogens is 306 g/mol. The lowest BCUT2D eigenvalue weighted by Gasteiger charge is -2.12. The summed E-state index contributed by atoms with van der Waals surface area (Å²) in [4.78, 5) is 11.9. The normalized spacial score (nSPS) is 15.0. The zero-order valence-electron chi connectivity index (χ0n) is 12.4. The molecule has 0 fully saturated rings. The average molecular weight is 321 g/mol. The molecule has 116 valence electrons. The summed E-state index contributed by atoms with van der Waals surface area (Å²) in [6.07, 6.45) is 2.52. The van der Waals surface area contributed by atoms with Crippen molar-refractivity contribution in [2.24, 2.45) is 4.40 Å². The first-order valence-corrected chi connectivity index (χ1v) is 7.79. The van der Waals surface area contributed by atoms with Gasteiger partial charge in [-0.1, -0.05) is 17.7 Å². The third-order valence-corrected chi connectivity index (χ3v) is 4.31. The number of hydrogen-bond acceptors (Lipinski definition) is 5. The van der Waals surface area contributed by atoms with Gasteiger partial charge in [0.15, 0.2) is 11.5 Å². The molecule has 0 radical (unpaired) electrons. The molecule has 0 unspecified atom stereocenters. The molecule has 1 aliphatic carbocycles. The molecule has 7 heteroatoms. The Labute approximate surface area is 128 Å². The van der Waals surface area contributed by atoms with Crippen molar-refractivity contribution in [3.63, 3.8) is 0 Å². The summed E-state index contributed by atoms with van der Waals surface area (Å²) in [5.41, 5.74) is 1.01. The van der Waals surface area contributed by atoms with Gasteiger partial charge < -0.3 is 9.47 Å². The van der Waals surface area contributed by atoms with E-state index >= 15 is 0 Å². The number of nitrogens with zero attached hydrogens (tertiary/aromatic N) is 1. The fourth-order valence-corrected chi connectivity index (χ4v) is 2.79. The lowest BCUT2D eigenvalue weighted by atomic mass is 10.1. The van der Waals surface area contributed by atoms with Crippen LogP contribution in [0.25, 0.3) is 0 Å². The maximum absolute atomic E-state index is 12.3. The summed E-state index contributed by atoms with van der Waals surface area (Å²) in [6, 6.07) is 6.32. The molecule has 0 amide bonds. The summed E-state index contributed by atoms with van der Waals surface area (Å²) in [6.45, 7) is 1.86. The number of allylic oxidation sites excluding steroid dienone is 2. The fourth-order valence-electron chi connectivity index (χ4n) is 1.82. The molecule has 0 saturated heterocycles. The summed E-state index contributed by atoms with van der Waals surface area (Å²) < 4.78 is 38.1. The topological polar surface area (TPSA) is 82.0 Å². The van der Waals surface area contributed by atoms with Crippen LogP contribution in [0.15, 0.2) is 57.2 Å². The van der Waals surface area contributed by atoms with Crippen LogP contribution in [0.1, 0.15) is 5.56 Å². The molecule has 0 saturated carbocycles. The zero-order chi connectivity index (χ0) is 16.3. The Balaban J connectivity index is 2.47. The maximum Gasteiger partial charge on any atom is 0.282 e. The number of methoxy groups -OCH3 is 2. The van der Waals surface area contributed by atoms with Gasteiger partial charge in [-0.2, -0.15) is 12.8 Å². The van der Waals surface area contributed by atoms with E-state index in [-0.39, 0.29) is 22.1 Å². The molecule has 0 heterocycles. The number of carbonyl (C=O) groups excluding carboxylic acids is 1. The van der Waals surface area contributed by atoms with Crippen LogP contribution < -0.4 is 0 Å². The smallest absolute Gasteiger partial charge is 0.282 e. The van der Waals surface area contributed by atoms with E-state index in [9.17, 15) is 13.2 Å². The Morgan fingerprint density at radius 2 is 1.45 bits per heavy atom. The fraction of sp³-hybridized carbons (Fsp3) is 0.200. The summed E-state index contributed by atoms with van der Waals surface area (Å²) in [5, 5.41) is 0. The summed E-state index contributed by atoms with van der Waals surface area (Å²) >= 11 is 0. The number of sulfonamides is 1. The molecule has 6 nitrogen and oxygen atoms in total. The van der Waals surface area contributed by atoms with E-state index in [4.69, 9.17) is 9.47 Å². The molecular formula is C15H15NO5S. The molecule has 1 aromatic rings. The van der Waals surface area contributed by atoms with Crippen molar-refractivity contribution in [2.45, 2.75) is 11.8 Å². The van der Waals surface area contributed by atoms with Crippen LogP contribution in [0.2, 0.25) is 0 Å². The first-order chi connectivity index (χ1) is 10.4. The van der Waals surface area contributed by atoms with Crippen LogP contribution in [0.3, 0.4) is 0 Å². The summed E-state index contributed by atoms with van der Waals surface area (Å²) in [7, 11) is -1.25. The molecule has 0 spiro atoms. The Morgan fingerprint density at radius 3 is 1.91 bits per heavy atom. The molecule has 0 bridgehead atoms. The van der Waals surface area contributed by atoms with Gasteiger partial charge >= 0.3 is 0 Å². The molecule has 2 rings (SSSR count). The lowest BCUT2D eigenvalue weighted by molar-refractivity contribution is -0.117. The second-order valence-corrected chi connectivity index (χ2v) is 6.16. The van der Waals surface area contributed by atoms with Gasteiger partial charge in [-0.25, -0.2) is 0 Å². The number of ketones is 1. The zero-order valence-corrected chi connectivity index (χ0v) is 13.2. The van der Waals surface area contributed by atoms with Crippen molar-refractivity contribution < 1.29 is 22.7 Å². The number of rotatable bonds is 4. The van der Waals surface area contributed by atoms with Gasteiger partial charge in [-0.05, 0) is 19.1 Å². The highest BCUT2D eigenvalue weighted by atomic mass is 32.2. The second kappa shape index (κ2) is 6.15. The van der Waals surface area contributed by atoms with Crippen molar-refractivity contribution in [1.82, 2.24) is 0 Å². The van der Waals surface area contributed by atoms with E-state index in [1.165, 1.54) is 38.5 Å². The lowest BCUT2D eigenvalue weighted by Crippen LogP contribution is -2.17. The van der Waals surface area contributed by atoms with Gasteiger partial charge in [0.25, 0.3) is 15.8 Å². The first kappa shape index (κ1) is 16.0. The quantitative estimate of drug-likeness (QED) is 0.789. The van der Waals surface area contributed by atoms with E-state index < -0.39 is 15.8 Å². The standard InChI is InChI=1S/C15H15NO5S/c1-10-4-6-12(7-5-10)22(18,19)16-11-8-13(20-2)15(17)14(9-11)21-3/h4-9H,1-3H3. The Bertz CT molecular complexity index is 760. The van der Waals surface area contributed by atoms with Crippen LogP contribution in [0, 0.1) is 6.92 Å². The van der Waals surface area contributed by atoms with E-state index in [2.05, 4.69) is 4.40 Å². The third-order valence-electron chi connectivity index (χ3n) is 2.99. The van der Waals surface area contributed by atoms with Crippen molar-refractivity contribution >= 4 is 21.5 Å². The number of hydrogen-bond donors (Lipinski definition) is 0. The minimum atomic E-state index is -3.88. The predicted octanol–water partition coefficient (Wildman–Crippen LogP) is 1.77. The first-order valence-electron chi connectivity index (χ1n) is 6.35. The number of carbonyl (C=O) groups is 1. The van der Waals surface area contributed by atoms with E-state index in [0.717, 1.165) is 5.56 Å². The van der Waals surface area contributed by atoms with Crippen molar-refractivity contribution in [2.75, 3.05) is 14.2 Å². The number of Topliss-reactive ketones (excluding diaryl/α,β-unsaturated/α-hetero) is 1. The number of ether oxygens (including phenoxy) is 2. The SMILES string of the molecule is COC1=CC(=NS(=O)(=O)c2ccc(C)cc2)C=C(OC)C1=O. The summed E-state index contributed by atoms with van der Waals surface area (Å²) in [5.74, 6) is -0.522. The molecule has 0 aromatic heterocycles. The predicted molar refractivity (Wildman–Crippen MR) is 81.0 cm³/mol. The van der Waals surface area contributed by atoms with Crippen molar-refractivity contribution in [1.29, 1.82) is 0 Å². The largest absolute Gasteiger partial charge is 0.492 e.